The molecule has 132 valence electrons. The summed E-state index contributed by atoms with van der Waals surface area (Å²) in [7, 11) is -3.41. The molecule has 0 aliphatic carbocycles. The number of piperazine rings is 1. The third-order valence-electron chi connectivity index (χ3n) is 4.23. The zero-order valence-corrected chi connectivity index (χ0v) is 15.6. The fourth-order valence-electron chi connectivity index (χ4n) is 2.97. The second kappa shape index (κ2) is 6.04. The predicted molar refractivity (Wildman–Crippen MR) is 95.5 cm³/mol. The zero-order valence-electron chi connectivity index (χ0n) is 14.0. The number of anilines is 1. The van der Waals surface area contributed by atoms with E-state index in [0.717, 1.165) is 16.4 Å². The van der Waals surface area contributed by atoms with Crippen LogP contribution in [0, 0.1) is 13.8 Å². The molecule has 0 N–H and O–H groups in total. The quantitative estimate of drug-likeness (QED) is 0.683. The lowest BCUT2D eigenvalue weighted by Gasteiger charge is -2.34. The third-order valence-corrected chi connectivity index (χ3v) is 7.60. The van der Waals surface area contributed by atoms with Gasteiger partial charge < -0.3 is 4.90 Å². The number of rotatable bonds is 3. The van der Waals surface area contributed by atoms with Crippen LogP contribution >= 0.6 is 11.3 Å². The molecule has 1 saturated heterocycles. The van der Waals surface area contributed by atoms with Crippen molar-refractivity contribution in [1.29, 1.82) is 0 Å². The van der Waals surface area contributed by atoms with E-state index in [1.54, 1.807) is 14.9 Å². The summed E-state index contributed by atoms with van der Waals surface area (Å²) in [4.78, 5) is 11.6. The van der Waals surface area contributed by atoms with Crippen LogP contribution in [0.4, 0.5) is 5.82 Å². The third kappa shape index (κ3) is 2.90. The maximum absolute atomic E-state index is 12.7. The van der Waals surface area contributed by atoms with Gasteiger partial charge in [-0.3, -0.25) is 0 Å². The minimum absolute atomic E-state index is 0.414. The molecule has 0 saturated carbocycles. The van der Waals surface area contributed by atoms with Crippen LogP contribution in [-0.4, -0.2) is 58.5 Å². The molecule has 0 bridgehead atoms. The van der Waals surface area contributed by atoms with Crippen LogP contribution in [-0.2, 0) is 10.0 Å². The van der Waals surface area contributed by atoms with Crippen molar-refractivity contribution >= 4 is 33.0 Å². The highest BCUT2D eigenvalue weighted by molar-refractivity contribution is 7.91. The largest absolute Gasteiger partial charge is 0.354 e. The Morgan fingerprint density at radius 1 is 1.12 bits per heavy atom. The van der Waals surface area contributed by atoms with Gasteiger partial charge in [-0.15, -0.1) is 11.3 Å². The van der Waals surface area contributed by atoms with Crippen LogP contribution in [0.3, 0.4) is 0 Å². The molecule has 25 heavy (non-hydrogen) atoms. The van der Waals surface area contributed by atoms with Gasteiger partial charge in [-0.2, -0.15) is 18.9 Å². The van der Waals surface area contributed by atoms with Gasteiger partial charge in [0.25, 0.3) is 15.8 Å². The molecule has 8 nitrogen and oxygen atoms in total. The summed E-state index contributed by atoms with van der Waals surface area (Å²) in [6.07, 6.45) is 1.48. The lowest BCUT2D eigenvalue weighted by atomic mass is 10.3. The highest BCUT2D eigenvalue weighted by Gasteiger charge is 2.30. The highest BCUT2D eigenvalue weighted by atomic mass is 32.2. The average molecular weight is 378 g/mol. The van der Waals surface area contributed by atoms with Gasteiger partial charge in [-0.25, -0.2) is 13.4 Å². The Morgan fingerprint density at radius 3 is 2.56 bits per heavy atom. The molecule has 0 unspecified atom stereocenters. The molecule has 4 heterocycles. The summed E-state index contributed by atoms with van der Waals surface area (Å²) >= 11 is 1.32. The van der Waals surface area contributed by atoms with Gasteiger partial charge in [-0.05, 0) is 26.0 Å². The molecule has 3 aromatic heterocycles. The molecule has 3 aromatic rings. The second-order valence-corrected chi connectivity index (χ2v) is 9.44. The number of nitrogens with zero attached hydrogens (tertiary/aromatic N) is 6. The van der Waals surface area contributed by atoms with Crippen LogP contribution < -0.4 is 4.90 Å². The number of fused-ring (bicyclic) bond motifs is 1. The zero-order chi connectivity index (χ0) is 17.6. The first kappa shape index (κ1) is 16.4. The number of aromatic nitrogens is 4. The van der Waals surface area contributed by atoms with E-state index in [9.17, 15) is 8.42 Å². The molecule has 0 amide bonds. The van der Waals surface area contributed by atoms with Crippen LogP contribution in [0.1, 0.15) is 10.6 Å². The Hall–Kier alpha value is -2.04. The molecular formula is C15H18N6O2S2. The lowest BCUT2D eigenvalue weighted by Crippen LogP contribution is -2.49. The first-order chi connectivity index (χ1) is 11.9. The second-order valence-electron chi connectivity index (χ2n) is 5.98. The summed E-state index contributed by atoms with van der Waals surface area (Å²) in [5.41, 5.74) is 0.861. The van der Waals surface area contributed by atoms with E-state index in [2.05, 4.69) is 20.0 Å². The topological polar surface area (TPSA) is 83.7 Å². The van der Waals surface area contributed by atoms with Crippen molar-refractivity contribution in [3.05, 3.63) is 35.1 Å². The summed E-state index contributed by atoms with van der Waals surface area (Å²) in [6.45, 7) is 5.91. The van der Waals surface area contributed by atoms with E-state index < -0.39 is 10.0 Å². The number of thiophene rings is 1. The van der Waals surface area contributed by atoms with E-state index >= 15 is 0 Å². The molecule has 0 atom stereocenters. The van der Waals surface area contributed by atoms with Crippen molar-refractivity contribution in [1.82, 2.24) is 23.9 Å². The van der Waals surface area contributed by atoms with Crippen LogP contribution in [0.2, 0.25) is 0 Å². The van der Waals surface area contributed by atoms with Crippen molar-refractivity contribution in [3.8, 4) is 0 Å². The molecular weight excluding hydrogens is 360 g/mol. The first-order valence-corrected chi connectivity index (χ1v) is 10.2. The number of hydrogen-bond acceptors (Lipinski definition) is 7. The Balaban J connectivity index is 1.56. The Kier molecular flexibility index (Phi) is 3.97. The number of sulfonamides is 1. The van der Waals surface area contributed by atoms with Gasteiger partial charge in [-0.1, -0.05) is 0 Å². The number of hydrogen-bond donors (Lipinski definition) is 0. The van der Waals surface area contributed by atoms with Crippen LogP contribution in [0.5, 0.6) is 0 Å². The Morgan fingerprint density at radius 2 is 1.88 bits per heavy atom. The molecule has 0 spiro atoms. The van der Waals surface area contributed by atoms with E-state index in [1.807, 2.05) is 26.0 Å². The van der Waals surface area contributed by atoms with Gasteiger partial charge in [0.15, 0.2) is 0 Å². The maximum atomic E-state index is 12.7. The van der Waals surface area contributed by atoms with Crippen LogP contribution in [0.15, 0.2) is 28.7 Å². The van der Waals surface area contributed by atoms with Crippen molar-refractivity contribution < 1.29 is 8.42 Å². The van der Waals surface area contributed by atoms with Gasteiger partial charge >= 0.3 is 0 Å². The standard InChI is InChI=1S/C15H18N6O2S2/c1-11-9-13(21-15(18-11)16-10-17-21)19-5-7-20(8-6-19)25(22,23)14-4-3-12(2)24-14/h3-4,9-10H,5-8H2,1-2H3. The highest BCUT2D eigenvalue weighted by Crippen LogP contribution is 2.26. The van der Waals surface area contributed by atoms with E-state index in [1.165, 1.54) is 17.7 Å². The van der Waals surface area contributed by atoms with Crippen molar-refractivity contribution in [3.63, 3.8) is 0 Å². The summed E-state index contributed by atoms with van der Waals surface area (Å²) in [6, 6.07) is 5.48. The van der Waals surface area contributed by atoms with E-state index in [-0.39, 0.29) is 0 Å². The fourth-order valence-corrected chi connectivity index (χ4v) is 5.83. The van der Waals surface area contributed by atoms with Gasteiger partial charge in [0.2, 0.25) is 0 Å². The van der Waals surface area contributed by atoms with Crippen molar-refractivity contribution in [2.24, 2.45) is 0 Å². The summed E-state index contributed by atoms with van der Waals surface area (Å²) < 4.78 is 29.2. The average Bonchev–Trinajstić information content (AvgIpc) is 3.23. The number of aryl methyl sites for hydroxylation is 2. The molecule has 0 aromatic carbocycles. The molecule has 10 heteroatoms. The SMILES string of the molecule is Cc1cc(N2CCN(S(=O)(=O)c3ccc(C)s3)CC2)n2ncnc2n1. The van der Waals surface area contributed by atoms with E-state index in [4.69, 9.17) is 0 Å². The van der Waals surface area contributed by atoms with Crippen molar-refractivity contribution in [2.45, 2.75) is 18.1 Å². The fraction of sp³-hybridized carbons (Fsp3) is 0.400. The monoisotopic (exact) mass is 378 g/mol. The summed E-state index contributed by atoms with van der Waals surface area (Å²) in [5, 5.41) is 4.22. The Bertz CT molecular complexity index is 1020. The molecule has 1 aliphatic rings. The predicted octanol–water partition coefficient (Wildman–Crippen LogP) is 1.31. The normalized spacial score (nSPS) is 16.6. The Labute approximate surface area is 149 Å². The van der Waals surface area contributed by atoms with Gasteiger partial charge in [0, 0.05) is 42.8 Å². The molecule has 1 fully saturated rings. The molecule has 1 aliphatic heterocycles. The van der Waals surface area contributed by atoms with E-state index in [0.29, 0.717) is 36.2 Å². The lowest BCUT2D eigenvalue weighted by molar-refractivity contribution is 0.384. The molecule has 4 rings (SSSR count). The summed E-state index contributed by atoms with van der Waals surface area (Å²) in [5.74, 6) is 1.45. The van der Waals surface area contributed by atoms with Crippen LogP contribution in [0.25, 0.3) is 5.78 Å². The minimum Gasteiger partial charge on any atom is -0.354 e. The van der Waals surface area contributed by atoms with Gasteiger partial charge in [0.05, 0.1) is 0 Å². The smallest absolute Gasteiger partial charge is 0.254 e. The first-order valence-electron chi connectivity index (χ1n) is 7.94. The van der Waals surface area contributed by atoms with Crippen molar-refractivity contribution in [2.75, 3.05) is 31.1 Å². The van der Waals surface area contributed by atoms with Gasteiger partial charge in [0.1, 0.15) is 16.4 Å². The maximum Gasteiger partial charge on any atom is 0.254 e. The molecule has 0 radical (unpaired) electrons. The minimum atomic E-state index is -3.41.